The van der Waals surface area contributed by atoms with E-state index in [0.29, 0.717) is 19.8 Å². The van der Waals surface area contributed by atoms with Crippen molar-refractivity contribution in [1.82, 2.24) is 4.90 Å². The van der Waals surface area contributed by atoms with Crippen LogP contribution >= 0.6 is 11.6 Å². The first kappa shape index (κ1) is 11.5. The van der Waals surface area contributed by atoms with Crippen LogP contribution in [-0.4, -0.2) is 48.8 Å². The summed E-state index contributed by atoms with van der Waals surface area (Å²) < 4.78 is 5.15. The van der Waals surface area contributed by atoms with Gasteiger partial charge in [-0.05, 0) is 7.05 Å². The first-order chi connectivity index (χ1) is 6.66. The number of ether oxygens (including phenoxy) is 1. The van der Waals surface area contributed by atoms with Crippen molar-refractivity contribution in [3.8, 4) is 0 Å². The Labute approximate surface area is 88.1 Å². The quantitative estimate of drug-likeness (QED) is 0.759. The third-order valence-corrected chi connectivity index (χ3v) is 2.59. The Morgan fingerprint density at radius 2 is 2.43 bits per heavy atom. The van der Waals surface area contributed by atoms with Crippen LogP contribution in [0.15, 0.2) is 11.6 Å². The Hall–Kier alpha value is -0.580. The van der Waals surface area contributed by atoms with Gasteiger partial charge in [0.25, 0.3) is 0 Å². The number of carboxylic acids is 1. The predicted molar refractivity (Wildman–Crippen MR) is 53.4 cm³/mol. The molecular weight excluding hydrogens is 206 g/mol. The van der Waals surface area contributed by atoms with Crippen molar-refractivity contribution >= 4 is 17.6 Å². The van der Waals surface area contributed by atoms with Gasteiger partial charge in [0.2, 0.25) is 0 Å². The van der Waals surface area contributed by atoms with Crippen LogP contribution in [0.5, 0.6) is 0 Å². The maximum atomic E-state index is 10.8. The molecule has 1 fully saturated rings. The minimum Gasteiger partial charge on any atom is -0.481 e. The van der Waals surface area contributed by atoms with Gasteiger partial charge in [0, 0.05) is 18.1 Å². The summed E-state index contributed by atoms with van der Waals surface area (Å²) in [6.45, 7) is 1.42. The van der Waals surface area contributed by atoms with Gasteiger partial charge in [-0.1, -0.05) is 17.7 Å². The molecule has 4 nitrogen and oxygen atoms in total. The van der Waals surface area contributed by atoms with Gasteiger partial charge in [0.15, 0.2) is 0 Å². The molecule has 80 valence electrons. The maximum Gasteiger partial charge on any atom is 0.310 e. The molecule has 2 unspecified atom stereocenters. The second-order valence-electron chi connectivity index (χ2n) is 3.35. The monoisotopic (exact) mass is 219 g/mol. The van der Waals surface area contributed by atoms with Crippen LogP contribution in [0.1, 0.15) is 0 Å². The summed E-state index contributed by atoms with van der Waals surface area (Å²) in [7, 11) is 1.87. The summed E-state index contributed by atoms with van der Waals surface area (Å²) >= 11 is 5.40. The van der Waals surface area contributed by atoms with Gasteiger partial charge in [-0.25, -0.2) is 0 Å². The second kappa shape index (κ2) is 5.34. The molecule has 0 amide bonds. The number of likely N-dealkylation sites (N-methyl/N-ethyl adjacent to an activating group) is 1. The molecule has 1 rings (SSSR count). The minimum atomic E-state index is -0.797. The first-order valence-electron chi connectivity index (χ1n) is 4.43. The Kier molecular flexibility index (Phi) is 4.38. The maximum absolute atomic E-state index is 10.8. The summed E-state index contributed by atoms with van der Waals surface area (Å²) in [4.78, 5) is 12.8. The smallest absolute Gasteiger partial charge is 0.310 e. The van der Waals surface area contributed by atoms with E-state index in [-0.39, 0.29) is 6.04 Å². The van der Waals surface area contributed by atoms with E-state index in [9.17, 15) is 4.79 Å². The van der Waals surface area contributed by atoms with Crippen LogP contribution < -0.4 is 0 Å². The Morgan fingerprint density at radius 1 is 1.71 bits per heavy atom. The molecule has 1 aliphatic heterocycles. The zero-order chi connectivity index (χ0) is 10.6. The van der Waals surface area contributed by atoms with E-state index in [0.717, 1.165) is 0 Å². The second-order valence-corrected chi connectivity index (χ2v) is 3.60. The molecule has 5 heteroatoms. The topological polar surface area (TPSA) is 49.8 Å². The van der Waals surface area contributed by atoms with E-state index in [1.165, 1.54) is 5.54 Å². The molecule has 0 bridgehead atoms. The summed E-state index contributed by atoms with van der Waals surface area (Å²) in [5.41, 5.74) is 1.43. The van der Waals surface area contributed by atoms with Crippen LogP contribution in [0.4, 0.5) is 0 Å². The summed E-state index contributed by atoms with van der Waals surface area (Å²) in [5.74, 6) is -1.22. The molecule has 0 saturated carbocycles. The van der Waals surface area contributed by atoms with E-state index in [1.807, 2.05) is 11.9 Å². The minimum absolute atomic E-state index is 0.0552. The normalized spacial score (nSPS) is 27.6. The van der Waals surface area contributed by atoms with E-state index in [4.69, 9.17) is 21.4 Å². The molecule has 1 heterocycles. The molecule has 1 aliphatic rings. The van der Waals surface area contributed by atoms with Gasteiger partial charge < -0.3 is 9.84 Å². The first-order valence-corrected chi connectivity index (χ1v) is 4.86. The summed E-state index contributed by atoms with van der Waals surface area (Å²) in [5, 5.41) is 8.91. The zero-order valence-corrected chi connectivity index (χ0v) is 8.78. The molecule has 0 spiro atoms. The lowest BCUT2D eigenvalue weighted by atomic mass is 10.0. The molecular formula is C9H14ClNO3. The number of carboxylic acid groups (broad SMARTS) is 1. The molecule has 2 atom stereocenters. The van der Waals surface area contributed by atoms with Crippen molar-refractivity contribution in [3.63, 3.8) is 0 Å². The van der Waals surface area contributed by atoms with Crippen molar-refractivity contribution in [2.75, 3.05) is 26.8 Å². The average molecular weight is 220 g/mol. The van der Waals surface area contributed by atoms with Gasteiger partial charge >= 0.3 is 5.97 Å². The largest absolute Gasteiger partial charge is 0.481 e. The molecule has 0 radical (unpaired) electrons. The van der Waals surface area contributed by atoms with Gasteiger partial charge in [0.05, 0.1) is 19.1 Å². The van der Waals surface area contributed by atoms with Crippen LogP contribution in [0.25, 0.3) is 0 Å². The van der Waals surface area contributed by atoms with E-state index < -0.39 is 11.9 Å². The fourth-order valence-corrected chi connectivity index (χ4v) is 1.63. The van der Waals surface area contributed by atoms with Crippen molar-refractivity contribution in [2.24, 2.45) is 5.92 Å². The Balaban J connectivity index is 2.52. The van der Waals surface area contributed by atoms with E-state index >= 15 is 0 Å². The summed E-state index contributed by atoms with van der Waals surface area (Å²) in [6, 6.07) is -0.0552. The van der Waals surface area contributed by atoms with Gasteiger partial charge in [-0.3, -0.25) is 9.69 Å². The molecule has 1 N–H and O–H groups in total. The average Bonchev–Trinajstić information content (AvgIpc) is 2.62. The zero-order valence-electron chi connectivity index (χ0n) is 8.02. The lowest BCUT2D eigenvalue weighted by Gasteiger charge is -2.24. The SMILES string of the molecule is CN(CC=CCl)C1COCC1C(=O)O. The van der Waals surface area contributed by atoms with Crippen LogP contribution in [0, 0.1) is 5.92 Å². The van der Waals surface area contributed by atoms with Crippen molar-refractivity contribution in [3.05, 3.63) is 11.6 Å². The van der Waals surface area contributed by atoms with Crippen LogP contribution in [0.3, 0.4) is 0 Å². The third-order valence-electron chi connectivity index (χ3n) is 2.42. The summed E-state index contributed by atoms with van der Waals surface area (Å²) in [6.07, 6.45) is 1.78. The lowest BCUT2D eigenvalue weighted by Crippen LogP contribution is -2.40. The number of halogens is 1. The molecule has 1 saturated heterocycles. The molecule has 0 aromatic heterocycles. The van der Waals surface area contributed by atoms with Crippen molar-refractivity contribution < 1.29 is 14.6 Å². The fourth-order valence-electron chi connectivity index (χ4n) is 1.55. The fraction of sp³-hybridized carbons (Fsp3) is 0.667. The van der Waals surface area contributed by atoms with E-state index in [2.05, 4.69) is 0 Å². The Morgan fingerprint density at radius 3 is 3.00 bits per heavy atom. The standard InChI is InChI=1S/C9H14ClNO3/c1-11(4-2-3-10)8-6-14-5-7(8)9(12)13/h2-3,7-8H,4-6H2,1H3,(H,12,13). The van der Waals surface area contributed by atoms with Crippen molar-refractivity contribution in [1.29, 1.82) is 0 Å². The number of carbonyl (C=O) groups is 1. The molecule has 0 aromatic rings. The van der Waals surface area contributed by atoms with Gasteiger partial charge in [-0.2, -0.15) is 0 Å². The highest BCUT2D eigenvalue weighted by atomic mass is 35.5. The van der Waals surface area contributed by atoms with E-state index in [1.54, 1.807) is 6.08 Å². The van der Waals surface area contributed by atoms with Gasteiger partial charge in [0.1, 0.15) is 0 Å². The lowest BCUT2D eigenvalue weighted by molar-refractivity contribution is -0.143. The number of aliphatic carboxylic acids is 1. The Bertz CT molecular complexity index is 232. The molecule has 14 heavy (non-hydrogen) atoms. The number of rotatable bonds is 4. The van der Waals surface area contributed by atoms with Crippen LogP contribution in [0.2, 0.25) is 0 Å². The number of hydrogen-bond donors (Lipinski definition) is 1. The highest BCUT2D eigenvalue weighted by molar-refractivity contribution is 6.25. The highest BCUT2D eigenvalue weighted by Crippen LogP contribution is 2.18. The number of nitrogens with zero attached hydrogens (tertiary/aromatic N) is 1. The molecule has 0 aliphatic carbocycles. The van der Waals surface area contributed by atoms with Crippen LogP contribution in [-0.2, 0) is 9.53 Å². The molecule has 0 aromatic carbocycles. The van der Waals surface area contributed by atoms with Crippen molar-refractivity contribution in [2.45, 2.75) is 6.04 Å². The highest BCUT2D eigenvalue weighted by Gasteiger charge is 2.36. The number of hydrogen-bond acceptors (Lipinski definition) is 3. The third kappa shape index (κ3) is 2.70. The predicted octanol–water partition coefficient (Wildman–Crippen LogP) is 0.770. The van der Waals surface area contributed by atoms with Gasteiger partial charge in [-0.15, -0.1) is 0 Å².